The standard InChI is InChI=1S/C18H13N5O2/c24-17-15-4-2-1-3-14(15)16(21-22-17)18(25)20-12-5-7-13(8-6-12)23-10-9-19-11-23/h1-11H,(H,20,25)(H,22,24). The number of H-pyrrole nitrogens is 1. The van der Waals surface area contributed by atoms with Crippen LogP contribution in [-0.2, 0) is 0 Å². The van der Waals surface area contributed by atoms with Crippen LogP contribution in [0.1, 0.15) is 10.5 Å². The van der Waals surface area contributed by atoms with Crippen molar-refractivity contribution in [2.24, 2.45) is 0 Å². The molecule has 0 fully saturated rings. The van der Waals surface area contributed by atoms with Gasteiger partial charge in [0, 0.05) is 29.2 Å². The topological polar surface area (TPSA) is 92.7 Å². The molecule has 0 aliphatic rings. The Labute approximate surface area is 142 Å². The number of fused-ring (bicyclic) bond motifs is 1. The average molecular weight is 331 g/mol. The van der Waals surface area contributed by atoms with Gasteiger partial charge < -0.3 is 9.88 Å². The molecule has 0 saturated heterocycles. The van der Waals surface area contributed by atoms with Crippen molar-refractivity contribution in [3.8, 4) is 5.69 Å². The lowest BCUT2D eigenvalue weighted by Gasteiger charge is -2.08. The van der Waals surface area contributed by atoms with Crippen molar-refractivity contribution in [3.05, 3.63) is 83.3 Å². The fourth-order valence-electron chi connectivity index (χ4n) is 2.61. The van der Waals surface area contributed by atoms with E-state index >= 15 is 0 Å². The van der Waals surface area contributed by atoms with E-state index in [0.29, 0.717) is 16.5 Å². The van der Waals surface area contributed by atoms with Crippen molar-refractivity contribution >= 4 is 22.4 Å². The lowest BCUT2D eigenvalue weighted by Crippen LogP contribution is -2.19. The highest BCUT2D eigenvalue weighted by Crippen LogP contribution is 2.16. The number of carbonyl (C=O) groups excluding carboxylic acids is 1. The molecule has 122 valence electrons. The number of benzene rings is 2. The highest BCUT2D eigenvalue weighted by Gasteiger charge is 2.14. The van der Waals surface area contributed by atoms with Gasteiger partial charge >= 0.3 is 0 Å². The number of carbonyl (C=O) groups is 1. The largest absolute Gasteiger partial charge is 0.321 e. The van der Waals surface area contributed by atoms with Crippen LogP contribution >= 0.6 is 0 Å². The van der Waals surface area contributed by atoms with Gasteiger partial charge in [-0.15, -0.1) is 0 Å². The first kappa shape index (κ1) is 14.8. The van der Waals surface area contributed by atoms with E-state index in [2.05, 4.69) is 20.5 Å². The molecule has 0 radical (unpaired) electrons. The lowest BCUT2D eigenvalue weighted by atomic mass is 10.1. The molecule has 2 aromatic carbocycles. The van der Waals surface area contributed by atoms with Crippen molar-refractivity contribution in [2.45, 2.75) is 0 Å². The van der Waals surface area contributed by atoms with Crippen molar-refractivity contribution in [3.63, 3.8) is 0 Å². The number of amides is 1. The Balaban J connectivity index is 1.62. The molecule has 1 amide bonds. The van der Waals surface area contributed by atoms with Gasteiger partial charge in [0.2, 0.25) is 0 Å². The number of imidazole rings is 1. The molecule has 4 rings (SSSR count). The highest BCUT2D eigenvalue weighted by molar-refractivity contribution is 6.11. The van der Waals surface area contributed by atoms with Crippen LogP contribution < -0.4 is 10.9 Å². The predicted molar refractivity (Wildman–Crippen MR) is 93.9 cm³/mol. The Hall–Kier alpha value is -3.74. The number of hydrogen-bond donors (Lipinski definition) is 2. The summed E-state index contributed by atoms with van der Waals surface area (Å²) in [6, 6.07) is 14.2. The van der Waals surface area contributed by atoms with Gasteiger partial charge in [-0.1, -0.05) is 18.2 Å². The molecule has 0 bridgehead atoms. The van der Waals surface area contributed by atoms with Gasteiger partial charge in [-0.25, -0.2) is 10.1 Å². The van der Waals surface area contributed by atoms with Gasteiger partial charge in [0.25, 0.3) is 11.5 Å². The second-order valence-corrected chi connectivity index (χ2v) is 5.42. The van der Waals surface area contributed by atoms with E-state index in [4.69, 9.17) is 0 Å². The van der Waals surface area contributed by atoms with Gasteiger partial charge in [0.05, 0.1) is 11.7 Å². The normalized spacial score (nSPS) is 10.7. The van der Waals surface area contributed by atoms with Gasteiger partial charge in [0.15, 0.2) is 5.69 Å². The zero-order valence-corrected chi connectivity index (χ0v) is 13.0. The summed E-state index contributed by atoms with van der Waals surface area (Å²) >= 11 is 0. The van der Waals surface area contributed by atoms with Gasteiger partial charge in [-0.3, -0.25) is 9.59 Å². The molecule has 0 aliphatic carbocycles. The molecule has 0 saturated carbocycles. The molecule has 2 aromatic heterocycles. The fraction of sp³-hybridized carbons (Fsp3) is 0. The highest BCUT2D eigenvalue weighted by atomic mass is 16.2. The summed E-state index contributed by atoms with van der Waals surface area (Å²) in [5.74, 6) is -0.386. The Morgan fingerprint density at radius 2 is 1.80 bits per heavy atom. The number of aromatic amines is 1. The molecule has 0 spiro atoms. The zero-order valence-electron chi connectivity index (χ0n) is 13.0. The predicted octanol–water partition coefficient (Wildman–Crippen LogP) is 2.36. The monoisotopic (exact) mass is 331 g/mol. The van der Waals surface area contributed by atoms with Gasteiger partial charge in [0.1, 0.15) is 0 Å². The van der Waals surface area contributed by atoms with E-state index in [1.165, 1.54) is 0 Å². The van der Waals surface area contributed by atoms with Gasteiger partial charge in [-0.05, 0) is 30.3 Å². The van der Waals surface area contributed by atoms with Crippen LogP contribution in [0.15, 0.2) is 72.0 Å². The summed E-state index contributed by atoms with van der Waals surface area (Å²) in [5.41, 5.74) is 1.42. The minimum atomic E-state index is -0.386. The number of nitrogens with one attached hydrogen (secondary N) is 2. The van der Waals surface area contributed by atoms with Crippen LogP contribution in [0.4, 0.5) is 5.69 Å². The van der Waals surface area contributed by atoms with Crippen molar-refractivity contribution in [1.29, 1.82) is 0 Å². The average Bonchev–Trinajstić information content (AvgIpc) is 3.17. The number of anilines is 1. The number of aromatic nitrogens is 4. The molecule has 0 atom stereocenters. The molecule has 7 nitrogen and oxygen atoms in total. The summed E-state index contributed by atoms with van der Waals surface area (Å²) in [6.45, 7) is 0. The first-order valence-corrected chi connectivity index (χ1v) is 7.59. The molecule has 0 unspecified atom stereocenters. The molecule has 25 heavy (non-hydrogen) atoms. The summed E-state index contributed by atoms with van der Waals surface area (Å²) in [4.78, 5) is 28.3. The summed E-state index contributed by atoms with van der Waals surface area (Å²) in [7, 11) is 0. The quantitative estimate of drug-likeness (QED) is 0.603. The number of rotatable bonds is 3. The Bertz CT molecular complexity index is 1100. The second-order valence-electron chi connectivity index (χ2n) is 5.42. The van der Waals surface area contributed by atoms with Crippen LogP contribution in [0.5, 0.6) is 0 Å². The SMILES string of the molecule is O=C(Nc1ccc(-n2ccnc2)cc1)c1n[nH]c(=O)c2ccccc12. The molecule has 4 aromatic rings. The second kappa shape index (κ2) is 6.04. The van der Waals surface area contributed by atoms with Crippen LogP contribution in [0.3, 0.4) is 0 Å². The van der Waals surface area contributed by atoms with E-state index in [9.17, 15) is 9.59 Å². The summed E-state index contributed by atoms with van der Waals surface area (Å²) in [6.07, 6.45) is 5.23. The third-order valence-electron chi connectivity index (χ3n) is 3.84. The van der Waals surface area contributed by atoms with E-state index in [0.717, 1.165) is 5.69 Å². The Kier molecular flexibility index (Phi) is 3.59. The lowest BCUT2D eigenvalue weighted by molar-refractivity contribution is 0.102. The van der Waals surface area contributed by atoms with Crippen LogP contribution in [-0.4, -0.2) is 25.7 Å². The van der Waals surface area contributed by atoms with Crippen molar-refractivity contribution in [2.75, 3.05) is 5.32 Å². The molecular formula is C18H13N5O2. The third-order valence-corrected chi connectivity index (χ3v) is 3.84. The van der Waals surface area contributed by atoms with Crippen LogP contribution in [0.2, 0.25) is 0 Å². The number of nitrogens with zero attached hydrogens (tertiary/aromatic N) is 3. The Morgan fingerprint density at radius 1 is 1.04 bits per heavy atom. The minimum absolute atomic E-state index is 0.175. The smallest absolute Gasteiger partial charge is 0.276 e. The first-order valence-electron chi connectivity index (χ1n) is 7.59. The van der Waals surface area contributed by atoms with Gasteiger partial charge in [-0.2, -0.15) is 5.10 Å². The maximum absolute atomic E-state index is 12.5. The van der Waals surface area contributed by atoms with E-state index in [1.807, 2.05) is 22.9 Å². The molecular weight excluding hydrogens is 318 g/mol. The zero-order chi connectivity index (χ0) is 17.2. The van der Waals surface area contributed by atoms with E-state index in [1.54, 1.807) is 48.9 Å². The maximum Gasteiger partial charge on any atom is 0.276 e. The van der Waals surface area contributed by atoms with E-state index < -0.39 is 0 Å². The maximum atomic E-state index is 12.5. The first-order chi connectivity index (χ1) is 12.2. The van der Waals surface area contributed by atoms with E-state index in [-0.39, 0.29) is 17.2 Å². The molecule has 7 heteroatoms. The van der Waals surface area contributed by atoms with Crippen molar-refractivity contribution in [1.82, 2.24) is 19.7 Å². The summed E-state index contributed by atoms with van der Waals surface area (Å²) < 4.78 is 1.86. The molecule has 2 heterocycles. The van der Waals surface area contributed by atoms with Crippen LogP contribution in [0.25, 0.3) is 16.5 Å². The third kappa shape index (κ3) is 2.78. The fourth-order valence-corrected chi connectivity index (χ4v) is 2.61. The molecule has 0 aliphatic heterocycles. The summed E-state index contributed by atoms with van der Waals surface area (Å²) in [5, 5.41) is 9.99. The Morgan fingerprint density at radius 3 is 2.52 bits per heavy atom. The molecule has 2 N–H and O–H groups in total. The van der Waals surface area contributed by atoms with Crippen molar-refractivity contribution < 1.29 is 4.79 Å². The van der Waals surface area contributed by atoms with Crippen LogP contribution in [0, 0.1) is 0 Å². The minimum Gasteiger partial charge on any atom is -0.321 e. The number of hydrogen-bond acceptors (Lipinski definition) is 4.